The van der Waals surface area contributed by atoms with Gasteiger partial charge in [-0.3, -0.25) is 9.78 Å². The van der Waals surface area contributed by atoms with Crippen molar-refractivity contribution in [1.82, 2.24) is 4.98 Å². The van der Waals surface area contributed by atoms with Gasteiger partial charge in [0.1, 0.15) is 12.4 Å². The summed E-state index contributed by atoms with van der Waals surface area (Å²) in [5.74, 6) is 2.16. The zero-order valence-electron chi connectivity index (χ0n) is 21.4. The molecule has 1 aliphatic carbocycles. The number of aliphatic imine (C=N–C) groups is 1. The van der Waals surface area contributed by atoms with Crippen LogP contribution in [0.1, 0.15) is 70.9 Å². The highest BCUT2D eigenvalue weighted by Crippen LogP contribution is 2.49. The predicted molar refractivity (Wildman–Crippen MR) is 137 cm³/mol. The molecule has 0 spiro atoms. The minimum Gasteiger partial charge on any atom is -0.486 e. The Kier molecular flexibility index (Phi) is 9.26. The monoisotopic (exact) mass is 464 g/mol. The Morgan fingerprint density at radius 3 is 2.44 bits per heavy atom. The molecule has 1 saturated carbocycles. The number of Topliss-reactive ketones (excluding diaryl/α,β-unsaturated/α-hetero) is 1. The first-order valence-corrected chi connectivity index (χ1v) is 12.7. The third-order valence-corrected chi connectivity index (χ3v) is 7.04. The van der Waals surface area contributed by atoms with E-state index >= 15 is 0 Å². The van der Waals surface area contributed by atoms with Crippen LogP contribution in [-0.4, -0.2) is 30.4 Å². The van der Waals surface area contributed by atoms with Gasteiger partial charge in [0.05, 0.1) is 12.6 Å². The number of hydrogen-bond acceptors (Lipinski definition) is 5. The second-order valence-electron chi connectivity index (χ2n) is 9.87. The van der Waals surface area contributed by atoms with E-state index in [4.69, 9.17) is 14.5 Å². The molecule has 1 fully saturated rings. The lowest BCUT2D eigenvalue weighted by Crippen LogP contribution is -2.29. The minimum absolute atomic E-state index is 0.0920. The van der Waals surface area contributed by atoms with Crippen LogP contribution >= 0.6 is 0 Å². The average Bonchev–Trinajstić information content (AvgIpc) is 3.64. The number of ether oxygens (including phenoxy) is 2. The Labute approximate surface area is 205 Å². The second kappa shape index (κ2) is 12.1. The molecule has 2 atom stereocenters. The summed E-state index contributed by atoms with van der Waals surface area (Å²) in [5.41, 5.74) is 2.25. The van der Waals surface area contributed by atoms with E-state index in [2.05, 4.69) is 44.0 Å². The fourth-order valence-electron chi connectivity index (χ4n) is 4.68. The molecule has 5 nitrogen and oxygen atoms in total. The molecule has 1 aromatic heterocycles. The van der Waals surface area contributed by atoms with Gasteiger partial charge in [-0.05, 0) is 66.8 Å². The van der Waals surface area contributed by atoms with Crippen LogP contribution in [0.5, 0.6) is 5.75 Å². The molecular weight excluding hydrogens is 424 g/mol. The first-order chi connectivity index (χ1) is 16.4. The van der Waals surface area contributed by atoms with Crippen molar-refractivity contribution in [1.29, 1.82) is 0 Å². The summed E-state index contributed by atoms with van der Waals surface area (Å²) in [6.07, 6.45) is 9.48. The number of carbonyl (C=O) groups is 1. The van der Waals surface area contributed by atoms with Crippen molar-refractivity contribution in [3.05, 3.63) is 59.9 Å². The van der Waals surface area contributed by atoms with Crippen molar-refractivity contribution in [3.8, 4) is 5.75 Å². The molecule has 0 bridgehead atoms. The maximum absolute atomic E-state index is 13.0. The van der Waals surface area contributed by atoms with E-state index in [0.717, 1.165) is 55.7 Å². The maximum atomic E-state index is 13.0. The zero-order valence-corrected chi connectivity index (χ0v) is 21.4. The maximum Gasteiger partial charge on any atom is 0.183 e. The van der Waals surface area contributed by atoms with Crippen LogP contribution in [0, 0.1) is 17.8 Å². The van der Waals surface area contributed by atoms with E-state index in [1.54, 1.807) is 13.3 Å². The first-order valence-electron chi connectivity index (χ1n) is 12.7. The van der Waals surface area contributed by atoms with Gasteiger partial charge in [-0.25, -0.2) is 4.99 Å². The van der Waals surface area contributed by atoms with E-state index in [1.807, 2.05) is 31.3 Å². The van der Waals surface area contributed by atoms with Gasteiger partial charge in [-0.15, -0.1) is 0 Å². The highest BCUT2D eigenvalue weighted by atomic mass is 16.5. The Morgan fingerprint density at radius 2 is 1.88 bits per heavy atom. The van der Waals surface area contributed by atoms with Gasteiger partial charge >= 0.3 is 0 Å². The van der Waals surface area contributed by atoms with E-state index in [9.17, 15) is 4.79 Å². The molecular formula is C29H40N2O3. The van der Waals surface area contributed by atoms with E-state index < -0.39 is 0 Å². The predicted octanol–water partition coefficient (Wildman–Crippen LogP) is 6.40. The Hall–Kier alpha value is -2.69. The lowest BCUT2D eigenvalue weighted by Gasteiger charge is -2.27. The van der Waals surface area contributed by atoms with E-state index in [1.165, 1.54) is 5.56 Å². The molecule has 0 amide bonds. The van der Waals surface area contributed by atoms with Crippen LogP contribution in [0.4, 0.5) is 0 Å². The molecule has 0 aliphatic heterocycles. The summed E-state index contributed by atoms with van der Waals surface area (Å²) in [5, 5.41) is 0. The van der Waals surface area contributed by atoms with Crippen LogP contribution in [0.15, 0.2) is 53.8 Å². The molecule has 5 heteroatoms. The minimum atomic E-state index is -0.186. The molecule has 2 aromatic rings. The number of carbonyl (C=O) groups excluding carboxylic acids is 1. The van der Waals surface area contributed by atoms with Crippen LogP contribution in [0.2, 0.25) is 0 Å². The number of ketones is 1. The summed E-state index contributed by atoms with van der Waals surface area (Å²) < 4.78 is 11.5. The number of nitrogens with zero attached hydrogens (tertiary/aromatic N) is 2. The first kappa shape index (κ1) is 25.9. The fraction of sp³-hybridized carbons (Fsp3) is 0.552. The standard InChI is InChI=1S/C29H40N2O3/c1-6-8-23-10-12-25(13-11-23)34-20-27(32)22(4)26(21(2)3)14-15-28(33-5)31-29(16-17-29)24-9-7-18-30-19-24/h7,9-13,18-19,21-22,26H,6,8,14-17,20H2,1-5H3. The second-order valence-corrected chi connectivity index (χ2v) is 9.87. The Morgan fingerprint density at radius 1 is 1.15 bits per heavy atom. The number of rotatable bonds is 13. The van der Waals surface area contributed by atoms with Crippen molar-refractivity contribution in [2.45, 2.75) is 71.8 Å². The molecule has 3 rings (SSSR count). The van der Waals surface area contributed by atoms with Crippen LogP contribution in [0.25, 0.3) is 0 Å². The Bertz CT molecular complexity index is 934. The summed E-state index contributed by atoms with van der Waals surface area (Å²) >= 11 is 0. The molecule has 184 valence electrons. The molecule has 1 heterocycles. The van der Waals surface area contributed by atoms with E-state index in [-0.39, 0.29) is 29.8 Å². The normalized spacial score (nSPS) is 16.7. The van der Waals surface area contributed by atoms with Gasteiger partial charge in [0.2, 0.25) is 0 Å². The SMILES string of the molecule is CCCc1ccc(OCC(=O)C(C)C(CCC(=NC2(c3cccnc3)CC2)OC)C(C)C)cc1. The summed E-state index contributed by atoms with van der Waals surface area (Å²) in [6.45, 7) is 8.67. The molecule has 1 aromatic carbocycles. The number of methoxy groups -OCH3 is 1. The fourth-order valence-corrected chi connectivity index (χ4v) is 4.68. The highest BCUT2D eigenvalue weighted by Gasteiger charge is 2.45. The third-order valence-electron chi connectivity index (χ3n) is 7.04. The van der Waals surface area contributed by atoms with Crippen LogP contribution in [0.3, 0.4) is 0 Å². The number of hydrogen-bond donors (Lipinski definition) is 0. The summed E-state index contributed by atoms with van der Waals surface area (Å²) in [7, 11) is 1.69. The third kappa shape index (κ3) is 6.91. The Balaban J connectivity index is 1.57. The molecule has 0 radical (unpaired) electrons. The van der Waals surface area contributed by atoms with Gasteiger partial charge < -0.3 is 9.47 Å². The van der Waals surface area contributed by atoms with E-state index in [0.29, 0.717) is 5.92 Å². The van der Waals surface area contributed by atoms with Gasteiger partial charge in [-0.1, -0.05) is 52.3 Å². The summed E-state index contributed by atoms with van der Waals surface area (Å²) in [6, 6.07) is 12.1. The quantitative estimate of drug-likeness (QED) is 0.254. The average molecular weight is 465 g/mol. The number of benzene rings is 1. The number of aromatic nitrogens is 1. The van der Waals surface area contributed by atoms with Crippen molar-refractivity contribution < 1.29 is 14.3 Å². The van der Waals surface area contributed by atoms with Gasteiger partial charge in [0.25, 0.3) is 0 Å². The zero-order chi connectivity index (χ0) is 24.6. The van der Waals surface area contributed by atoms with Crippen LogP contribution in [-0.2, 0) is 21.5 Å². The topological polar surface area (TPSA) is 60.8 Å². The van der Waals surface area contributed by atoms with Crippen LogP contribution < -0.4 is 4.74 Å². The molecule has 1 aliphatic rings. The van der Waals surface area contributed by atoms with Crippen molar-refractivity contribution in [2.24, 2.45) is 22.7 Å². The molecule has 0 N–H and O–H groups in total. The molecule has 0 saturated heterocycles. The molecule has 34 heavy (non-hydrogen) atoms. The highest BCUT2D eigenvalue weighted by molar-refractivity contribution is 5.82. The number of pyridine rings is 1. The van der Waals surface area contributed by atoms with Gasteiger partial charge in [-0.2, -0.15) is 0 Å². The smallest absolute Gasteiger partial charge is 0.183 e. The van der Waals surface area contributed by atoms with Gasteiger partial charge in [0, 0.05) is 24.7 Å². The lowest BCUT2D eigenvalue weighted by atomic mass is 9.79. The molecule has 2 unspecified atom stereocenters. The number of aryl methyl sites for hydroxylation is 1. The largest absolute Gasteiger partial charge is 0.486 e. The summed E-state index contributed by atoms with van der Waals surface area (Å²) in [4.78, 5) is 22.2. The van der Waals surface area contributed by atoms with Crippen molar-refractivity contribution in [2.75, 3.05) is 13.7 Å². The lowest BCUT2D eigenvalue weighted by molar-refractivity contribution is -0.126. The van der Waals surface area contributed by atoms with Crippen molar-refractivity contribution >= 4 is 11.7 Å². The van der Waals surface area contributed by atoms with Gasteiger partial charge in [0.15, 0.2) is 11.7 Å². The van der Waals surface area contributed by atoms with Crippen molar-refractivity contribution in [3.63, 3.8) is 0 Å².